The van der Waals surface area contributed by atoms with Crippen molar-refractivity contribution in [1.29, 1.82) is 0 Å². The minimum absolute atomic E-state index is 0.0570. The number of unbranched alkanes of at least 4 members (excludes halogenated alkanes) is 7. The van der Waals surface area contributed by atoms with Gasteiger partial charge in [-0.15, -0.1) is 0 Å². The van der Waals surface area contributed by atoms with E-state index in [1.54, 1.807) is 0 Å². The number of carbonyl (C=O) groups excluding carboxylic acids is 1. The normalized spacial score (nSPS) is 18.4. The summed E-state index contributed by atoms with van der Waals surface area (Å²) in [4.78, 5) is 13.4. The first-order valence-electron chi connectivity index (χ1n) is 13.3. The second kappa shape index (κ2) is 14.7. The molecule has 1 saturated carbocycles. The molecule has 0 N–H and O–H groups in total. The van der Waals surface area contributed by atoms with Gasteiger partial charge in [0.25, 0.3) is 6.43 Å². The van der Waals surface area contributed by atoms with Gasteiger partial charge in [-0.05, 0) is 67.0 Å². The summed E-state index contributed by atoms with van der Waals surface area (Å²) < 4.78 is 25.4. The molecule has 2 aromatic carbocycles. The zero-order chi connectivity index (χ0) is 24.2. The number of rotatable bonds is 13. The maximum absolute atomic E-state index is 12.7. The van der Waals surface area contributed by atoms with Gasteiger partial charge < -0.3 is 0 Å². The lowest BCUT2D eigenvalue weighted by molar-refractivity contribution is 0.108. The van der Waals surface area contributed by atoms with E-state index in [1.165, 1.54) is 113 Å². The van der Waals surface area contributed by atoms with Crippen molar-refractivity contribution in [3.8, 4) is 0 Å². The van der Waals surface area contributed by atoms with Crippen LogP contribution in [-0.2, 0) is 0 Å². The van der Waals surface area contributed by atoms with Gasteiger partial charge in [0.2, 0.25) is 5.12 Å². The second-order valence-electron chi connectivity index (χ2n) is 9.86. The lowest BCUT2D eigenvalue weighted by Gasteiger charge is -2.29. The predicted molar refractivity (Wildman–Crippen MR) is 140 cm³/mol. The molecule has 34 heavy (non-hydrogen) atoms. The smallest absolute Gasteiger partial charge is 0.263 e. The largest absolute Gasteiger partial charge is 0.281 e. The third-order valence-electron chi connectivity index (χ3n) is 7.27. The first-order chi connectivity index (χ1) is 16.6. The Morgan fingerprint density at radius 2 is 1.41 bits per heavy atom. The Morgan fingerprint density at radius 1 is 0.824 bits per heavy atom. The van der Waals surface area contributed by atoms with Crippen LogP contribution in [0.15, 0.2) is 53.4 Å². The third-order valence-corrected chi connectivity index (χ3v) is 8.20. The van der Waals surface area contributed by atoms with Gasteiger partial charge in [0.15, 0.2) is 0 Å². The molecule has 1 fully saturated rings. The first kappa shape index (κ1) is 26.9. The molecule has 0 saturated heterocycles. The molecule has 3 rings (SSSR count). The maximum atomic E-state index is 12.7. The van der Waals surface area contributed by atoms with Gasteiger partial charge in [0.1, 0.15) is 0 Å². The van der Waals surface area contributed by atoms with E-state index < -0.39 is 6.43 Å². The van der Waals surface area contributed by atoms with E-state index in [0.717, 1.165) is 22.6 Å². The first-order valence-corrected chi connectivity index (χ1v) is 14.1. The van der Waals surface area contributed by atoms with E-state index in [1.807, 2.05) is 12.1 Å². The van der Waals surface area contributed by atoms with Crippen molar-refractivity contribution >= 4 is 16.9 Å². The van der Waals surface area contributed by atoms with Crippen molar-refractivity contribution in [1.82, 2.24) is 0 Å². The number of benzene rings is 2. The topological polar surface area (TPSA) is 17.1 Å². The van der Waals surface area contributed by atoms with Crippen LogP contribution in [0.1, 0.15) is 124 Å². The molecule has 1 nitrogen and oxygen atoms in total. The summed E-state index contributed by atoms with van der Waals surface area (Å²) in [7, 11) is 0. The molecule has 0 aliphatic heterocycles. The maximum Gasteiger partial charge on any atom is 0.263 e. The third kappa shape index (κ3) is 8.83. The Hall–Kier alpha value is -1.68. The van der Waals surface area contributed by atoms with E-state index in [-0.39, 0.29) is 10.7 Å². The van der Waals surface area contributed by atoms with Gasteiger partial charge in [-0.1, -0.05) is 101 Å². The number of hydrogen-bond donors (Lipinski definition) is 0. The Kier molecular flexibility index (Phi) is 11.6. The average molecular weight is 487 g/mol. The molecule has 0 radical (unpaired) electrons. The van der Waals surface area contributed by atoms with Crippen LogP contribution in [-0.4, -0.2) is 5.12 Å². The molecule has 0 aromatic heterocycles. The van der Waals surface area contributed by atoms with Crippen LogP contribution in [0.2, 0.25) is 0 Å². The average Bonchev–Trinajstić information content (AvgIpc) is 2.86. The van der Waals surface area contributed by atoms with Gasteiger partial charge in [0, 0.05) is 16.0 Å². The minimum Gasteiger partial charge on any atom is -0.281 e. The molecule has 0 spiro atoms. The lowest BCUT2D eigenvalue weighted by atomic mass is 9.77. The highest BCUT2D eigenvalue weighted by Gasteiger charge is 2.22. The fourth-order valence-electron chi connectivity index (χ4n) is 5.09. The monoisotopic (exact) mass is 486 g/mol. The summed E-state index contributed by atoms with van der Waals surface area (Å²) in [5.74, 6) is 1.53. The van der Waals surface area contributed by atoms with Crippen molar-refractivity contribution in [3.63, 3.8) is 0 Å². The number of alkyl halides is 2. The fourth-order valence-corrected chi connectivity index (χ4v) is 5.83. The van der Waals surface area contributed by atoms with Gasteiger partial charge in [-0.2, -0.15) is 0 Å². The number of thioether (sulfide) groups is 1. The van der Waals surface area contributed by atoms with Crippen LogP contribution in [0.25, 0.3) is 0 Å². The van der Waals surface area contributed by atoms with Crippen LogP contribution in [0.3, 0.4) is 0 Å². The highest BCUT2D eigenvalue weighted by Crippen LogP contribution is 2.38. The Labute approximate surface area is 209 Å². The molecule has 0 amide bonds. The summed E-state index contributed by atoms with van der Waals surface area (Å²) in [5, 5.41) is -0.116. The van der Waals surface area contributed by atoms with Crippen molar-refractivity contribution < 1.29 is 13.6 Å². The van der Waals surface area contributed by atoms with Crippen LogP contribution < -0.4 is 0 Å². The standard InChI is InChI=1S/C30H40F2OS/c1-2-3-4-5-6-7-8-9-10-23-11-13-24(14-12-23)25-19-21-28(22-20-25)34-30(33)27-17-15-26(16-18-27)29(31)32/h15-24,29H,2-14H2,1H3/t23-,24-. The van der Waals surface area contributed by atoms with Gasteiger partial charge in [-0.25, -0.2) is 8.78 Å². The number of carbonyl (C=O) groups is 1. The van der Waals surface area contributed by atoms with Gasteiger partial charge in [0.05, 0.1) is 0 Å². The summed E-state index contributed by atoms with van der Waals surface area (Å²) in [6.45, 7) is 2.27. The Balaban J connectivity index is 1.35. The highest BCUT2D eigenvalue weighted by atomic mass is 32.2. The van der Waals surface area contributed by atoms with Crippen molar-refractivity contribution in [2.75, 3.05) is 0 Å². The van der Waals surface area contributed by atoms with Gasteiger partial charge >= 0.3 is 0 Å². The van der Waals surface area contributed by atoms with Crippen molar-refractivity contribution in [3.05, 3.63) is 65.2 Å². The molecule has 0 bridgehead atoms. The number of hydrogen-bond acceptors (Lipinski definition) is 2. The zero-order valence-electron chi connectivity index (χ0n) is 20.6. The van der Waals surface area contributed by atoms with Gasteiger partial charge in [-0.3, -0.25) is 4.79 Å². The summed E-state index contributed by atoms with van der Waals surface area (Å²) in [6.07, 6.45) is 15.3. The molecule has 4 heteroatoms. The van der Waals surface area contributed by atoms with E-state index >= 15 is 0 Å². The highest BCUT2D eigenvalue weighted by molar-refractivity contribution is 8.14. The molecule has 1 aliphatic rings. The molecule has 0 heterocycles. The molecule has 2 aromatic rings. The van der Waals surface area contributed by atoms with Crippen LogP contribution in [0.4, 0.5) is 8.78 Å². The molecule has 0 unspecified atom stereocenters. The van der Waals surface area contributed by atoms with Crippen LogP contribution in [0, 0.1) is 5.92 Å². The summed E-state index contributed by atoms with van der Waals surface area (Å²) in [5.41, 5.74) is 1.77. The summed E-state index contributed by atoms with van der Waals surface area (Å²) >= 11 is 1.16. The minimum atomic E-state index is -2.51. The zero-order valence-corrected chi connectivity index (χ0v) is 21.4. The molecule has 186 valence electrons. The van der Waals surface area contributed by atoms with Crippen LogP contribution in [0.5, 0.6) is 0 Å². The predicted octanol–water partition coefficient (Wildman–Crippen LogP) is 10.4. The van der Waals surface area contributed by atoms with Crippen LogP contribution >= 0.6 is 11.8 Å². The van der Waals surface area contributed by atoms with Crippen molar-refractivity contribution in [2.45, 2.75) is 108 Å². The molecular formula is C30H40F2OS. The van der Waals surface area contributed by atoms with E-state index in [9.17, 15) is 13.6 Å². The summed E-state index contributed by atoms with van der Waals surface area (Å²) in [6, 6.07) is 14.0. The molecule has 0 atom stereocenters. The second-order valence-corrected chi connectivity index (χ2v) is 10.9. The Bertz CT molecular complexity index is 839. The molecule has 1 aliphatic carbocycles. The lowest BCUT2D eigenvalue weighted by Crippen LogP contribution is -2.13. The van der Waals surface area contributed by atoms with E-state index in [4.69, 9.17) is 0 Å². The number of halogens is 2. The Morgan fingerprint density at radius 3 is 2.00 bits per heavy atom. The van der Waals surface area contributed by atoms with E-state index in [0.29, 0.717) is 11.5 Å². The molecular weight excluding hydrogens is 446 g/mol. The van der Waals surface area contributed by atoms with Crippen molar-refractivity contribution in [2.24, 2.45) is 5.92 Å². The SMILES string of the molecule is CCCCCCCCCC[C@H]1CC[C@H](c2ccc(SC(=O)c3ccc(C(F)F)cc3)cc2)CC1. The quantitative estimate of drug-likeness (QED) is 0.207. The fraction of sp³-hybridized carbons (Fsp3) is 0.567. The van der Waals surface area contributed by atoms with E-state index in [2.05, 4.69) is 19.1 Å².